The van der Waals surface area contributed by atoms with Crippen LogP contribution in [0.5, 0.6) is 0 Å². The van der Waals surface area contributed by atoms with Gasteiger partial charge in [-0.1, -0.05) is 54.6 Å². The van der Waals surface area contributed by atoms with Gasteiger partial charge in [-0.05, 0) is 28.5 Å². The summed E-state index contributed by atoms with van der Waals surface area (Å²) in [6, 6.07) is 20.0. The summed E-state index contributed by atoms with van der Waals surface area (Å²) in [5.41, 5.74) is 6.87. The summed E-state index contributed by atoms with van der Waals surface area (Å²) in [5.74, 6) is -0.0530. The molecule has 0 saturated heterocycles. The Morgan fingerprint density at radius 1 is 0.810 bits per heavy atom. The van der Waals surface area contributed by atoms with Crippen molar-refractivity contribution in [2.45, 2.75) is 10.6 Å². The van der Waals surface area contributed by atoms with Crippen molar-refractivity contribution in [3.05, 3.63) is 72.3 Å². The number of benzene rings is 3. The molecule has 0 aliphatic heterocycles. The van der Waals surface area contributed by atoms with E-state index >= 15 is 0 Å². The number of sulfone groups is 1. The molecule has 0 aliphatic carbocycles. The van der Waals surface area contributed by atoms with Crippen molar-refractivity contribution in [2.24, 2.45) is 0 Å². The average molecular weight is 297 g/mol. The third-order valence-corrected chi connectivity index (χ3v) is 5.21. The van der Waals surface area contributed by atoms with Crippen molar-refractivity contribution >= 4 is 26.3 Å². The summed E-state index contributed by atoms with van der Waals surface area (Å²) in [4.78, 5) is 0.193. The second-order valence-electron chi connectivity index (χ2n) is 4.94. The van der Waals surface area contributed by atoms with Crippen LogP contribution in [0.4, 0.5) is 5.69 Å². The maximum atomic E-state index is 12.6. The van der Waals surface area contributed by atoms with E-state index in [1.165, 1.54) is 0 Å². The SMILES string of the molecule is Nc1ccccc1S(=O)(=O)Cc1cccc2ccccc12. The fourth-order valence-corrected chi connectivity index (χ4v) is 3.99. The third-order valence-electron chi connectivity index (χ3n) is 3.48. The van der Waals surface area contributed by atoms with E-state index in [1.54, 1.807) is 24.3 Å². The molecule has 106 valence electrons. The molecule has 0 unspecified atom stereocenters. The normalized spacial score (nSPS) is 11.6. The van der Waals surface area contributed by atoms with E-state index in [4.69, 9.17) is 5.73 Å². The van der Waals surface area contributed by atoms with Gasteiger partial charge < -0.3 is 5.73 Å². The zero-order valence-corrected chi connectivity index (χ0v) is 12.2. The largest absolute Gasteiger partial charge is 0.398 e. The van der Waals surface area contributed by atoms with Gasteiger partial charge in [0.05, 0.1) is 16.3 Å². The lowest BCUT2D eigenvalue weighted by molar-refractivity contribution is 0.596. The molecule has 3 aromatic carbocycles. The zero-order chi connectivity index (χ0) is 14.9. The van der Waals surface area contributed by atoms with Gasteiger partial charge in [0, 0.05) is 0 Å². The van der Waals surface area contributed by atoms with E-state index in [9.17, 15) is 8.42 Å². The van der Waals surface area contributed by atoms with Crippen molar-refractivity contribution in [1.82, 2.24) is 0 Å². The first-order chi connectivity index (χ1) is 10.1. The highest BCUT2D eigenvalue weighted by Gasteiger charge is 2.18. The molecule has 3 aromatic rings. The minimum absolute atomic E-state index is 0.0530. The summed E-state index contributed by atoms with van der Waals surface area (Å²) in [6.45, 7) is 0. The molecule has 0 spiro atoms. The minimum atomic E-state index is -3.46. The van der Waals surface area contributed by atoms with E-state index in [-0.39, 0.29) is 16.3 Å². The summed E-state index contributed by atoms with van der Waals surface area (Å²) >= 11 is 0. The lowest BCUT2D eigenvalue weighted by atomic mass is 10.1. The molecular weight excluding hydrogens is 282 g/mol. The van der Waals surface area contributed by atoms with Gasteiger partial charge in [-0.2, -0.15) is 0 Å². The van der Waals surface area contributed by atoms with Gasteiger partial charge in [0.2, 0.25) is 0 Å². The Hall–Kier alpha value is -2.33. The number of nitrogen functional groups attached to an aromatic ring is 1. The topological polar surface area (TPSA) is 60.2 Å². The number of rotatable bonds is 3. The average Bonchev–Trinajstić information content (AvgIpc) is 2.47. The van der Waals surface area contributed by atoms with Crippen LogP contribution < -0.4 is 5.73 Å². The first-order valence-corrected chi connectivity index (χ1v) is 8.27. The summed E-state index contributed by atoms with van der Waals surface area (Å²) in [5, 5.41) is 1.99. The highest BCUT2D eigenvalue weighted by molar-refractivity contribution is 7.90. The molecule has 0 heterocycles. The van der Waals surface area contributed by atoms with E-state index < -0.39 is 9.84 Å². The second-order valence-corrected chi connectivity index (χ2v) is 6.89. The molecule has 0 atom stereocenters. The standard InChI is InChI=1S/C17H15NO2S/c18-16-10-3-4-11-17(16)21(19,20)12-14-8-5-7-13-6-1-2-9-15(13)14/h1-11H,12,18H2. The molecule has 0 aromatic heterocycles. The Balaban J connectivity index is 2.08. The van der Waals surface area contributed by atoms with Crippen LogP contribution in [0.15, 0.2) is 71.6 Å². The summed E-state index contributed by atoms with van der Waals surface area (Å²) in [7, 11) is -3.46. The van der Waals surface area contributed by atoms with Gasteiger partial charge in [-0.15, -0.1) is 0 Å². The Morgan fingerprint density at radius 3 is 2.29 bits per heavy atom. The first-order valence-electron chi connectivity index (χ1n) is 6.62. The van der Waals surface area contributed by atoms with Gasteiger partial charge in [-0.3, -0.25) is 0 Å². The number of nitrogens with two attached hydrogens (primary N) is 1. The maximum absolute atomic E-state index is 12.6. The van der Waals surface area contributed by atoms with Crippen LogP contribution in [-0.2, 0) is 15.6 Å². The van der Waals surface area contributed by atoms with Crippen LogP contribution in [-0.4, -0.2) is 8.42 Å². The van der Waals surface area contributed by atoms with Crippen molar-refractivity contribution < 1.29 is 8.42 Å². The molecular formula is C17H15NO2S. The van der Waals surface area contributed by atoms with Crippen molar-refractivity contribution in [1.29, 1.82) is 0 Å². The van der Waals surface area contributed by atoms with Gasteiger partial charge >= 0.3 is 0 Å². The molecule has 0 saturated carbocycles. The number of hydrogen-bond acceptors (Lipinski definition) is 3. The zero-order valence-electron chi connectivity index (χ0n) is 11.4. The van der Waals surface area contributed by atoms with Gasteiger partial charge in [-0.25, -0.2) is 8.42 Å². The first kappa shape index (κ1) is 13.6. The molecule has 0 aliphatic rings. The van der Waals surface area contributed by atoms with Crippen molar-refractivity contribution in [2.75, 3.05) is 5.73 Å². The Kier molecular flexibility index (Phi) is 3.39. The predicted octanol–water partition coefficient (Wildman–Crippen LogP) is 3.40. The monoisotopic (exact) mass is 297 g/mol. The fourth-order valence-electron chi connectivity index (χ4n) is 2.46. The molecule has 0 bridgehead atoms. The second kappa shape index (κ2) is 5.22. The van der Waals surface area contributed by atoms with E-state index in [1.807, 2.05) is 42.5 Å². The summed E-state index contributed by atoms with van der Waals surface area (Å²) < 4.78 is 25.2. The van der Waals surface area contributed by atoms with Crippen LogP contribution >= 0.6 is 0 Å². The minimum Gasteiger partial charge on any atom is -0.398 e. The molecule has 21 heavy (non-hydrogen) atoms. The van der Waals surface area contributed by atoms with Crippen LogP contribution in [0.2, 0.25) is 0 Å². The smallest absolute Gasteiger partial charge is 0.184 e. The van der Waals surface area contributed by atoms with Crippen LogP contribution in [0.1, 0.15) is 5.56 Å². The predicted molar refractivity (Wildman–Crippen MR) is 85.7 cm³/mol. The lowest BCUT2D eigenvalue weighted by Gasteiger charge is -2.09. The molecule has 2 N–H and O–H groups in total. The highest BCUT2D eigenvalue weighted by Crippen LogP contribution is 2.26. The molecule has 0 amide bonds. The third kappa shape index (κ3) is 2.62. The molecule has 0 radical (unpaired) electrons. The van der Waals surface area contributed by atoms with Gasteiger partial charge in [0.25, 0.3) is 0 Å². The lowest BCUT2D eigenvalue weighted by Crippen LogP contribution is -2.08. The highest BCUT2D eigenvalue weighted by atomic mass is 32.2. The quantitative estimate of drug-likeness (QED) is 0.754. The molecule has 4 heteroatoms. The maximum Gasteiger partial charge on any atom is 0.184 e. The fraction of sp³-hybridized carbons (Fsp3) is 0.0588. The molecule has 3 nitrogen and oxygen atoms in total. The van der Waals surface area contributed by atoms with E-state index in [0.29, 0.717) is 0 Å². The van der Waals surface area contributed by atoms with Gasteiger partial charge in [0.1, 0.15) is 0 Å². The molecule has 3 rings (SSSR count). The number of hydrogen-bond donors (Lipinski definition) is 1. The number of anilines is 1. The number of fused-ring (bicyclic) bond motifs is 1. The molecule has 0 fully saturated rings. The number of para-hydroxylation sites is 1. The van der Waals surface area contributed by atoms with Gasteiger partial charge in [0.15, 0.2) is 9.84 Å². The van der Waals surface area contributed by atoms with E-state index in [2.05, 4.69) is 0 Å². The Labute approximate surface area is 124 Å². The van der Waals surface area contributed by atoms with Crippen LogP contribution in [0.3, 0.4) is 0 Å². The Bertz CT molecular complexity index is 896. The van der Waals surface area contributed by atoms with Crippen molar-refractivity contribution in [3.8, 4) is 0 Å². The van der Waals surface area contributed by atoms with Crippen LogP contribution in [0, 0.1) is 0 Å². The van der Waals surface area contributed by atoms with Crippen molar-refractivity contribution in [3.63, 3.8) is 0 Å². The Morgan fingerprint density at radius 2 is 1.48 bits per heavy atom. The van der Waals surface area contributed by atoms with Crippen LogP contribution in [0.25, 0.3) is 10.8 Å². The van der Waals surface area contributed by atoms with E-state index in [0.717, 1.165) is 16.3 Å². The summed E-state index contributed by atoms with van der Waals surface area (Å²) in [6.07, 6.45) is 0.